The number of nitrogens with one attached hydrogen (secondary N) is 1. The van der Waals surface area contributed by atoms with Crippen LogP contribution in [0.1, 0.15) is 33.4 Å². The SMILES string of the molecule is Cc1nsnc1COc1ccc(C(=O)NCC(O)c2ccccc2)cc1. The molecule has 0 bridgehead atoms. The molecule has 3 aromatic rings. The maximum atomic E-state index is 12.2. The van der Waals surface area contributed by atoms with E-state index < -0.39 is 6.10 Å². The molecule has 0 saturated carbocycles. The van der Waals surface area contributed by atoms with Gasteiger partial charge in [-0.15, -0.1) is 0 Å². The number of hydrogen-bond acceptors (Lipinski definition) is 6. The minimum atomic E-state index is -0.738. The number of hydrogen-bond donors (Lipinski definition) is 2. The number of ether oxygens (including phenoxy) is 1. The second-order valence-corrected chi connectivity index (χ2v) is 6.27. The summed E-state index contributed by atoms with van der Waals surface area (Å²) in [7, 11) is 0. The number of aryl methyl sites for hydroxylation is 1. The highest BCUT2D eigenvalue weighted by molar-refractivity contribution is 6.99. The lowest BCUT2D eigenvalue weighted by molar-refractivity contribution is 0.0916. The number of rotatable bonds is 7. The minimum absolute atomic E-state index is 0.150. The van der Waals surface area contributed by atoms with Gasteiger partial charge in [-0.05, 0) is 36.8 Å². The van der Waals surface area contributed by atoms with Gasteiger partial charge >= 0.3 is 0 Å². The van der Waals surface area contributed by atoms with Crippen LogP contribution in [0.5, 0.6) is 5.75 Å². The number of amides is 1. The van der Waals surface area contributed by atoms with Crippen LogP contribution in [0.2, 0.25) is 0 Å². The molecule has 7 heteroatoms. The lowest BCUT2D eigenvalue weighted by atomic mass is 10.1. The molecule has 2 aromatic carbocycles. The van der Waals surface area contributed by atoms with Gasteiger partial charge in [0, 0.05) is 12.1 Å². The molecule has 0 radical (unpaired) electrons. The normalized spacial score (nSPS) is 11.8. The van der Waals surface area contributed by atoms with Crippen molar-refractivity contribution in [3.05, 3.63) is 77.1 Å². The van der Waals surface area contributed by atoms with Gasteiger partial charge in [-0.3, -0.25) is 4.79 Å². The van der Waals surface area contributed by atoms with Gasteiger partial charge in [0.05, 0.1) is 23.5 Å². The molecular weight excluding hydrogens is 350 g/mol. The quantitative estimate of drug-likeness (QED) is 0.669. The summed E-state index contributed by atoms with van der Waals surface area (Å²) < 4.78 is 13.9. The third-order valence-electron chi connectivity index (χ3n) is 3.88. The summed E-state index contributed by atoms with van der Waals surface area (Å²) in [6.45, 7) is 2.38. The van der Waals surface area contributed by atoms with E-state index in [1.165, 1.54) is 0 Å². The Kier molecular flexibility index (Phi) is 5.93. The first kappa shape index (κ1) is 18.0. The van der Waals surface area contributed by atoms with E-state index in [4.69, 9.17) is 4.74 Å². The fourth-order valence-corrected chi connectivity index (χ4v) is 2.87. The first-order valence-corrected chi connectivity index (χ1v) is 8.88. The molecule has 0 spiro atoms. The second kappa shape index (κ2) is 8.55. The van der Waals surface area contributed by atoms with Crippen LogP contribution in [0.3, 0.4) is 0 Å². The van der Waals surface area contributed by atoms with Crippen molar-refractivity contribution in [2.45, 2.75) is 19.6 Å². The number of aromatic nitrogens is 2. The Morgan fingerprint density at radius 3 is 2.54 bits per heavy atom. The first-order valence-electron chi connectivity index (χ1n) is 8.15. The zero-order valence-electron chi connectivity index (χ0n) is 14.3. The number of aliphatic hydroxyl groups is 1. The molecule has 0 fully saturated rings. The van der Waals surface area contributed by atoms with Crippen molar-refractivity contribution in [2.24, 2.45) is 0 Å². The zero-order valence-corrected chi connectivity index (χ0v) is 15.1. The van der Waals surface area contributed by atoms with Gasteiger partial charge in [-0.25, -0.2) is 0 Å². The third kappa shape index (κ3) is 4.65. The van der Waals surface area contributed by atoms with E-state index in [2.05, 4.69) is 14.1 Å². The van der Waals surface area contributed by atoms with E-state index in [1.54, 1.807) is 24.3 Å². The predicted octanol–water partition coefficient (Wildman–Crippen LogP) is 2.89. The third-order valence-corrected chi connectivity index (χ3v) is 4.54. The van der Waals surface area contributed by atoms with Crippen LogP contribution in [0.4, 0.5) is 0 Å². The fraction of sp³-hybridized carbons (Fsp3) is 0.211. The van der Waals surface area contributed by atoms with Crippen molar-refractivity contribution in [2.75, 3.05) is 6.54 Å². The molecule has 134 valence electrons. The maximum Gasteiger partial charge on any atom is 0.251 e. The van der Waals surface area contributed by atoms with E-state index >= 15 is 0 Å². The number of benzene rings is 2. The van der Waals surface area contributed by atoms with Crippen molar-refractivity contribution >= 4 is 17.6 Å². The van der Waals surface area contributed by atoms with Gasteiger partial charge in [0.2, 0.25) is 0 Å². The van der Waals surface area contributed by atoms with Crippen LogP contribution in [0.25, 0.3) is 0 Å². The molecule has 1 amide bonds. The molecule has 2 N–H and O–H groups in total. The molecule has 26 heavy (non-hydrogen) atoms. The largest absolute Gasteiger partial charge is 0.487 e. The molecule has 0 saturated heterocycles. The van der Waals surface area contributed by atoms with Gasteiger partial charge in [0.25, 0.3) is 5.91 Å². The van der Waals surface area contributed by atoms with Crippen molar-refractivity contribution in [1.29, 1.82) is 0 Å². The highest BCUT2D eigenvalue weighted by Gasteiger charge is 2.11. The standard InChI is InChI=1S/C19H19N3O3S/c1-13-17(22-26-21-13)12-25-16-9-7-15(8-10-16)19(24)20-11-18(23)14-5-3-2-4-6-14/h2-10,18,23H,11-12H2,1H3,(H,20,24). The van der Waals surface area contributed by atoms with Gasteiger partial charge < -0.3 is 15.2 Å². The summed E-state index contributed by atoms with van der Waals surface area (Å²) in [4.78, 5) is 12.2. The van der Waals surface area contributed by atoms with E-state index in [0.29, 0.717) is 17.9 Å². The summed E-state index contributed by atoms with van der Waals surface area (Å²) in [5.74, 6) is 0.407. The average molecular weight is 369 g/mol. The maximum absolute atomic E-state index is 12.2. The summed E-state index contributed by atoms with van der Waals surface area (Å²) in [5, 5.41) is 12.8. The van der Waals surface area contributed by atoms with E-state index in [9.17, 15) is 9.90 Å². The monoisotopic (exact) mass is 369 g/mol. The van der Waals surface area contributed by atoms with Crippen molar-refractivity contribution < 1.29 is 14.6 Å². The lowest BCUT2D eigenvalue weighted by Gasteiger charge is -2.12. The smallest absolute Gasteiger partial charge is 0.251 e. The first-order chi connectivity index (χ1) is 12.6. The van der Waals surface area contributed by atoms with Crippen LogP contribution < -0.4 is 10.1 Å². The van der Waals surface area contributed by atoms with E-state index in [0.717, 1.165) is 28.7 Å². The Morgan fingerprint density at radius 1 is 1.15 bits per heavy atom. The van der Waals surface area contributed by atoms with Crippen molar-refractivity contribution in [3.8, 4) is 5.75 Å². The number of nitrogens with zero attached hydrogens (tertiary/aromatic N) is 2. The topological polar surface area (TPSA) is 84.3 Å². The molecule has 3 rings (SSSR count). The summed E-state index contributed by atoms with van der Waals surface area (Å²) in [5.41, 5.74) is 2.95. The molecule has 6 nitrogen and oxygen atoms in total. The van der Waals surface area contributed by atoms with Gasteiger partial charge in [0.1, 0.15) is 18.1 Å². The average Bonchev–Trinajstić information content (AvgIpc) is 3.10. The molecule has 1 atom stereocenters. The van der Waals surface area contributed by atoms with Crippen LogP contribution in [-0.4, -0.2) is 26.3 Å². The summed E-state index contributed by atoms with van der Waals surface area (Å²) >= 11 is 1.16. The fourth-order valence-electron chi connectivity index (χ4n) is 2.32. The Balaban J connectivity index is 1.51. The molecule has 0 aliphatic carbocycles. The Bertz CT molecular complexity index is 850. The number of aliphatic hydroxyl groups excluding tert-OH is 1. The predicted molar refractivity (Wildman–Crippen MR) is 99.2 cm³/mol. The van der Waals surface area contributed by atoms with Crippen LogP contribution in [0, 0.1) is 6.92 Å². The van der Waals surface area contributed by atoms with Crippen molar-refractivity contribution in [3.63, 3.8) is 0 Å². The Labute approximate surface area is 155 Å². The van der Waals surface area contributed by atoms with Crippen LogP contribution in [0.15, 0.2) is 54.6 Å². The lowest BCUT2D eigenvalue weighted by Crippen LogP contribution is -2.28. The second-order valence-electron chi connectivity index (χ2n) is 5.75. The Morgan fingerprint density at radius 2 is 1.88 bits per heavy atom. The molecule has 1 heterocycles. The van der Waals surface area contributed by atoms with Gasteiger partial charge in [-0.2, -0.15) is 8.75 Å². The number of carbonyl (C=O) groups excluding carboxylic acids is 1. The molecule has 1 unspecified atom stereocenters. The van der Waals surface area contributed by atoms with E-state index in [1.807, 2.05) is 37.3 Å². The summed E-state index contributed by atoms with van der Waals surface area (Å²) in [6, 6.07) is 16.1. The van der Waals surface area contributed by atoms with Crippen LogP contribution in [-0.2, 0) is 6.61 Å². The van der Waals surface area contributed by atoms with Crippen molar-refractivity contribution in [1.82, 2.24) is 14.1 Å². The molecule has 1 aromatic heterocycles. The van der Waals surface area contributed by atoms with Gasteiger partial charge in [0.15, 0.2) is 0 Å². The highest BCUT2D eigenvalue weighted by atomic mass is 32.1. The minimum Gasteiger partial charge on any atom is -0.487 e. The van der Waals surface area contributed by atoms with Gasteiger partial charge in [-0.1, -0.05) is 30.3 Å². The Hall–Kier alpha value is -2.77. The highest BCUT2D eigenvalue weighted by Crippen LogP contribution is 2.16. The molecular formula is C19H19N3O3S. The summed E-state index contributed by atoms with van der Waals surface area (Å²) in [6.07, 6.45) is -0.738. The molecule has 0 aliphatic heterocycles. The van der Waals surface area contributed by atoms with Crippen LogP contribution >= 0.6 is 11.7 Å². The number of carbonyl (C=O) groups is 1. The van der Waals surface area contributed by atoms with E-state index in [-0.39, 0.29) is 12.5 Å². The molecule has 0 aliphatic rings. The zero-order chi connectivity index (χ0) is 18.4.